The Kier molecular flexibility index (Phi) is 26.7. The molecule has 3 atom stereocenters. The molecule has 1 unspecified atom stereocenters. The van der Waals surface area contributed by atoms with Crippen LogP contribution in [0.4, 0.5) is 0 Å². The molecule has 0 saturated carbocycles. The lowest BCUT2D eigenvalue weighted by atomic mass is 9.87. The first-order chi connectivity index (χ1) is 18.5. The largest absolute Gasteiger partial charge is 0.400 e. The summed E-state index contributed by atoms with van der Waals surface area (Å²) in [6.07, 6.45) is 6.46. The molecular formula is C28H53N5O6. The molecule has 2 aliphatic rings. The van der Waals surface area contributed by atoms with Gasteiger partial charge in [-0.05, 0) is 84.7 Å². The zero-order valence-corrected chi connectivity index (χ0v) is 24.6. The van der Waals surface area contributed by atoms with Gasteiger partial charge in [-0.2, -0.15) is 0 Å². The maximum atomic E-state index is 11.7. The van der Waals surface area contributed by atoms with Crippen molar-refractivity contribution in [1.29, 1.82) is 0 Å². The number of primary amides is 2. The van der Waals surface area contributed by atoms with Gasteiger partial charge < -0.3 is 37.0 Å². The molecule has 39 heavy (non-hydrogen) atoms. The molecule has 11 heteroatoms. The standard InChI is InChI=1S/C13H18N2O.C6H11NO.C4H9NO2.C3H9N.CH4O.CH2O/c1-15-9-5-8-13(15,12(14)16)10-11-6-3-2-4-7-11;1-7-4-2-3-6(7)5-8;1-3(6)2-4(5)7;1-2-3-4;2*1-2/h2-4,6-7H,5,8-10H2,1H3,(H2,14,16);5-6H,2-4H2,1H3;3,6H,2H2,1H3,(H2,5,7);2-4H2,1H3;2H,1H3;1H2/t13-;;3-;;;/m0.1.../s1. The second-order valence-corrected chi connectivity index (χ2v) is 9.22. The zero-order chi connectivity index (χ0) is 30.9. The Morgan fingerprint density at radius 1 is 1.13 bits per heavy atom. The van der Waals surface area contributed by atoms with Gasteiger partial charge in [-0.1, -0.05) is 37.3 Å². The summed E-state index contributed by atoms with van der Waals surface area (Å²) in [6, 6.07) is 10.3. The van der Waals surface area contributed by atoms with E-state index in [1.165, 1.54) is 18.9 Å². The minimum absolute atomic E-state index is 0.0556. The Hall–Kier alpha value is -2.70. The summed E-state index contributed by atoms with van der Waals surface area (Å²) in [5.41, 5.74) is 16.0. The molecule has 0 bridgehead atoms. The molecule has 11 nitrogen and oxygen atoms in total. The maximum absolute atomic E-state index is 11.7. The first-order valence-corrected chi connectivity index (χ1v) is 13.1. The number of benzene rings is 1. The third-order valence-electron chi connectivity index (χ3n) is 6.13. The Morgan fingerprint density at radius 2 is 1.67 bits per heavy atom. The molecule has 226 valence electrons. The van der Waals surface area contributed by atoms with Gasteiger partial charge in [0.05, 0.1) is 18.6 Å². The number of amides is 2. The number of rotatable bonds is 7. The van der Waals surface area contributed by atoms with E-state index in [0.29, 0.717) is 0 Å². The molecule has 1 aromatic carbocycles. The fourth-order valence-corrected chi connectivity index (χ4v) is 3.97. The topological polar surface area (TPSA) is 193 Å². The lowest BCUT2D eigenvalue weighted by Gasteiger charge is -2.33. The minimum Gasteiger partial charge on any atom is -0.400 e. The minimum atomic E-state index is -0.600. The predicted octanol–water partition coefficient (Wildman–Crippen LogP) is 0.480. The molecule has 3 rings (SSSR count). The Bertz CT molecular complexity index is 751. The Balaban J connectivity index is -0.000000477. The van der Waals surface area contributed by atoms with E-state index in [9.17, 15) is 14.4 Å². The predicted molar refractivity (Wildman–Crippen MR) is 156 cm³/mol. The van der Waals surface area contributed by atoms with Crippen LogP contribution in [0.5, 0.6) is 0 Å². The molecular weight excluding hydrogens is 502 g/mol. The molecule has 2 aliphatic heterocycles. The Morgan fingerprint density at radius 3 is 1.92 bits per heavy atom. The smallest absolute Gasteiger partial charge is 0.238 e. The molecule has 0 aromatic heterocycles. The van der Waals surface area contributed by atoms with Crippen LogP contribution >= 0.6 is 0 Å². The van der Waals surface area contributed by atoms with E-state index >= 15 is 0 Å². The van der Waals surface area contributed by atoms with E-state index in [0.717, 1.165) is 65.1 Å². The SMILES string of the molecule is C=O.CCCN.CN1CCCC1C=O.CN1CCC[C@]1(Cc1ccccc1)C(N)=O.CO.C[C@@H](O)CC(N)=O. The monoisotopic (exact) mass is 555 g/mol. The lowest BCUT2D eigenvalue weighted by Crippen LogP contribution is -2.53. The normalized spacial score (nSPS) is 20.4. The first-order valence-electron chi connectivity index (χ1n) is 13.1. The number of aliphatic hydroxyl groups is 2. The van der Waals surface area contributed by atoms with Gasteiger partial charge in [0.15, 0.2) is 0 Å². The van der Waals surface area contributed by atoms with Crippen LogP contribution in [-0.4, -0.2) is 103 Å². The van der Waals surface area contributed by atoms with Gasteiger partial charge >= 0.3 is 0 Å². The van der Waals surface area contributed by atoms with E-state index in [1.807, 2.05) is 39.1 Å². The van der Waals surface area contributed by atoms with Crippen LogP contribution in [0.2, 0.25) is 0 Å². The number of aldehydes is 1. The van der Waals surface area contributed by atoms with Gasteiger partial charge in [-0.25, -0.2) is 0 Å². The van der Waals surface area contributed by atoms with E-state index in [-0.39, 0.29) is 18.4 Å². The molecule has 2 fully saturated rings. The van der Waals surface area contributed by atoms with Crippen molar-refractivity contribution in [3.05, 3.63) is 35.9 Å². The number of likely N-dealkylation sites (tertiary alicyclic amines) is 2. The van der Waals surface area contributed by atoms with Crippen molar-refractivity contribution in [3.8, 4) is 0 Å². The number of hydrogen-bond acceptors (Lipinski definition) is 9. The number of carbonyl (C=O) groups is 4. The van der Waals surface area contributed by atoms with Gasteiger partial charge in [-0.3, -0.25) is 19.4 Å². The van der Waals surface area contributed by atoms with Crippen LogP contribution in [0.1, 0.15) is 57.9 Å². The van der Waals surface area contributed by atoms with Crippen LogP contribution < -0.4 is 17.2 Å². The second-order valence-electron chi connectivity index (χ2n) is 9.22. The van der Waals surface area contributed by atoms with E-state index in [2.05, 4.69) is 28.9 Å². The van der Waals surface area contributed by atoms with Gasteiger partial charge in [-0.15, -0.1) is 0 Å². The average molecular weight is 556 g/mol. The molecule has 1 aromatic rings. The molecule has 2 heterocycles. The summed E-state index contributed by atoms with van der Waals surface area (Å²) < 4.78 is 0. The average Bonchev–Trinajstić information content (AvgIpc) is 3.52. The summed E-state index contributed by atoms with van der Waals surface area (Å²) in [6.45, 7) is 8.43. The summed E-state index contributed by atoms with van der Waals surface area (Å²) in [5, 5.41) is 15.4. The maximum Gasteiger partial charge on any atom is 0.238 e. The number of nitrogens with zero attached hydrogens (tertiary/aromatic N) is 2. The van der Waals surface area contributed by atoms with Crippen LogP contribution in [-0.2, 0) is 25.6 Å². The van der Waals surface area contributed by atoms with Gasteiger partial charge in [0.2, 0.25) is 11.8 Å². The molecule has 2 saturated heterocycles. The second kappa shape index (κ2) is 25.6. The highest BCUT2D eigenvalue weighted by molar-refractivity contribution is 5.85. The molecule has 0 aliphatic carbocycles. The van der Waals surface area contributed by atoms with Crippen molar-refractivity contribution in [2.45, 2.75) is 76.5 Å². The first kappa shape index (κ1) is 40.8. The number of likely N-dealkylation sites (N-methyl/N-ethyl adjacent to an activating group) is 2. The number of hydrogen-bond donors (Lipinski definition) is 5. The Labute approximate surface area is 234 Å². The van der Waals surface area contributed by atoms with Crippen molar-refractivity contribution in [1.82, 2.24) is 9.80 Å². The molecule has 8 N–H and O–H groups in total. The highest BCUT2D eigenvalue weighted by atomic mass is 16.3. The number of aliphatic hydroxyl groups excluding tert-OH is 2. The summed E-state index contributed by atoms with van der Waals surface area (Å²) >= 11 is 0. The van der Waals surface area contributed by atoms with Crippen molar-refractivity contribution in [2.75, 3.05) is 40.8 Å². The number of nitrogens with two attached hydrogens (primary N) is 3. The summed E-state index contributed by atoms with van der Waals surface area (Å²) in [7, 11) is 4.98. The molecule has 0 spiro atoms. The van der Waals surface area contributed by atoms with Crippen LogP contribution in [0.15, 0.2) is 30.3 Å². The molecule has 0 radical (unpaired) electrons. The summed E-state index contributed by atoms with van der Waals surface area (Å²) in [5.74, 6) is -0.661. The van der Waals surface area contributed by atoms with Crippen molar-refractivity contribution >= 4 is 24.9 Å². The van der Waals surface area contributed by atoms with Crippen LogP contribution in [0.25, 0.3) is 0 Å². The van der Waals surface area contributed by atoms with Crippen molar-refractivity contribution in [3.63, 3.8) is 0 Å². The van der Waals surface area contributed by atoms with Gasteiger partial charge in [0, 0.05) is 7.11 Å². The highest BCUT2D eigenvalue weighted by Gasteiger charge is 2.43. The zero-order valence-electron chi connectivity index (χ0n) is 24.6. The van der Waals surface area contributed by atoms with E-state index in [4.69, 9.17) is 32.2 Å². The fraction of sp³-hybridized carbons (Fsp3) is 0.643. The fourth-order valence-electron chi connectivity index (χ4n) is 3.97. The van der Waals surface area contributed by atoms with Gasteiger partial charge in [0.25, 0.3) is 0 Å². The quantitative estimate of drug-likeness (QED) is 0.297. The van der Waals surface area contributed by atoms with E-state index < -0.39 is 17.6 Å². The number of carbonyl (C=O) groups excluding carboxylic acids is 4. The van der Waals surface area contributed by atoms with Crippen molar-refractivity contribution < 1.29 is 29.4 Å². The lowest BCUT2D eigenvalue weighted by molar-refractivity contribution is -0.128. The van der Waals surface area contributed by atoms with Crippen LogP contribution in [0.3, 0.4) is 0 Å². The van der Waals surface area contributed by atoms with Crippen LogP contribution in [0, 0.1) is 0 Å². The van der Waals surface area contributed by atoms with E-state index in [1.54, 1.807) is 0 Å². The van der Waals surface area contributed by atoms with Crippen molar-refractivity contribution in [2.24, 2.45) is 17.2 Å². The third kappa shape index (κ3) is 18.3. The van der Waals surface area contributed by atoms with Gasteiger partial charge in [0.1, 0.15) is 18.6 Å². The highest BCUT2D eigenvalue weighted by Crippen LogP contribution is 2.31. The molecule has 2 amide bonds. The summed E-state index contributed by atoms with van der Waals surface area (Å²) in [4.78, 5) is 44.0. The third-order valence-corrected chi connectivity index (χ3v) is 6.13.